The predicted molar refractivity (Wildman–Crippen MR) is 67.4 cm³/mol. The van der Waals surface area contributed by atoms with Crippen molar-refractivity contribution < 1.29 is 4.79 Å². The largest absolute Gasteiger partial charge is 0.330 e. The number of nitrogens with zero attached hydrogens (tertiary/aromatic N) is 1. The SMILES string of the molecule is Cc1cccc(N(C)C(=O)C(C)CCN)c1. The van der Waals surface area contributed by atoms with Crippen LogP contribution in [0.1, 0.15) is 18.9 Å². The van der Waals surface area contributed by atoms with Crippen LogP contribution in [0, 0.1) is 12.8 Å². The maximum Gasteiger partial charge on any atom is 0.229 e. The molecular weight excluding hydrogens is 200 g/mol. The van der Waals surface area contributed by atoms with Crippen LogP contribution in [-0.4, -0.2) is 19.5 Å². The molecule has 3 heteroatoms. The number of aryl methyl sites for hydroxylation is 1. The summed E-state index contributed by atoms with van der Waals surface area (Å²) in [6, 6.07) is 7.93. The second-order valence-electron chi connectivity index (χ2n) is 4.21. The number of hydrogen-bond donors (Lipinski definition) is 1. The van der Waals surface area contributed by atoms with Crippen LogP contribution in [0.25, 0.3) is 0 Å². The van der Waals surface area contributed by atoms with Gasteiger partial charge in [0.15, 0.2) is 0 Å². The predicted octanol–water partition coefficient (Wildman–Crippen LogP) is 1.94. The van der Waals surface area contributed by atoms with Gasteiger partial charge in [0.1, 0.15) is 0 Å². The third-order valence-electron chi connectivity index (χ3n) is 2.74. The summed E-state index contributed by atoms with van der Waals surface area (Å²) in [6.45, 7) is 4.49. The lowest BCUT2D eigenvalue weighted by Crippen LogP contribution is -2.32. The number of rotatable bonds is 4. The molecule has 3 nitrogen and oxygen atoms in total. The van der Waals surface area contributed by atoms with E-state index in [0.717, 1.165) is 17.7 Å². The van der Waals surface area contributed by atoms with Gasteiger partial charge in [-0.25, -0.2) is 0 Å². The van der Waals surface area contributed by atoms with Gasteiger partial charge in [0, 0.05) is 18.7 Å². The fourth-order valence-corrected chi connectivity index (χ4v) is 1.67. The number of nitrogens with two attached hydrogens (primary N) is 1. The van der Waals surface area contributed by atoms with E-state index in [2.05, 4.69) is 0 Å². The molecule has 0 aliphatic carbocycles. The Kier molecular flexibility index (Phi) is 4.50. The van der Waals surface area contributed by atoms with Crippen LogP contribution >= 0.6 is 0 Å². The van der Waals surface area contributed by atoms with Gasteiger partial charge >= 0.3 is 0 Å². The Hall–Kier alpha value is -1.35. The third-order valence-corrected chi connectivity index (χ3v) is 2.74. The van der Waals surface area contributed by atoms with Gasteiger partial charge in [-0.1, -0.05) is 19.1 Å². The molecule has 1 amide bonds. The van der Waals surface area contributed by atoms with E-state index in [1.807, 2.05) is 45.2 Å². The number of hydrogen-bond acceptors (Lipinski definition) is 2. The van der Waals surface area contributed by atoms with Crippen molar-refractivity contribution in [3.63, 3.8) is 0 Å². The highest BCUT2D eigenvalue weighted by molar-refractivity contribution is 5.94. The molecule has 0 aliphatic rings. The van der Waals surface area contributed by atoms with Gasteiger partial charge in [-0.3, -0.25) is 4.79 Å². The minimum absolute atomic E-state index is 0.0180. The fourth-order valence-electron chi connectivity index (χ4n) is 1.67. The van der Waals surface area contributed by atoms with Crippen LogP contribution in [0.3, 0.4) is 0 Å². The van der Waals surface area contributed by atoms with Crippen LogP contribution in [-0.2, 0) is 4.79 Å². The zero-order valence-corrected chi connectivity index (χ0v) is 10.2. The normalized spacial score (nSPS) is 12.2. The molecule has 0 aromatic heterocycles. The first-order valence-corrected chi connectivity index (χ1v) is 5.60. The first kappa shape index (κ1) is 12.7. The average Bonchev–Trinajstić information content (AvgIpc) is 2.27. The van der Waals surface area contributed by atoms with E-state index >= 15 is 0 Å². The molecule has 1 aromatic carbocycles. The van der Waals surface area contributed by atoms with Gasteiger partial charge in [-0.15, -0.1) is 0 Å². The quantitative estimate of drug-likeness (QED) is 0.843. The maximum absolute atomic E-state index is 12.0. The van der Waals surface area contributed by atoms with E-state index < -0.39 is 0 Å². The van der Waals surface area contributed by atoms with Gasteiger partial charge < -0.3 is 10.6 Å². The molecule has 0 heterocycles. The lowest BCUT2D eigenvalue weighted by atomic mass is 10.1. The molecular formula is C13H20N2O. The van der Waals surface area contributed by atoms with Crippen LogP contribution in [0.4, 0.5) is 5.69 Å². The second kappa shape index (κ2) is 5.66. The molecule has 0 fully saturated rings. The zero-order valence-electron chi connectivity index (χ0n) is 10.2. The smallest absolute Gasteiger partial charge is 0.229 e. The van der Waals surface area contributed by atoms with Gasteiger partial charge in [0.05, 0.1) is 0 Å². The van der Waals surface area contributed by atoms with Crippen LogP contribution in [0.15, 0.2) is 24.3 Å². The van der Waals surface area contributed by atoms with Crippen molar-refractivity contribution in [3.05, 3.63) is 29.8 Å². The van der Waals surface area contributed by atoms with Gasteiger partial charge in [0.2, 0.25) is 5.91 Å². The summed E-state index contributed by atoms with van der Waals surface area (Å²) >= 11 is 0. The highest BCUT2D eigenvalue weighted by Crippen LogP contribution is 2.17. The Morgan fingerprint density at radius 3 is 2.75 bits per heavy atom. The van der Waals surface area contributed by atoms with Crippen molar-refractivity contribution in [2.75, 3.05) is 18.5 Å². The van der Waals surface area contributed by atoms with Crippen LogP contribution < -0.4 is 10.6 Å². The first-order chi connectivity index (χ1) is 7.56. The molecule has 0 saturated carbocycles. The summed E-state index contributed by atoms with van der Waals surface area (Å²) in [7, 11) is 1.81. The van der Waals surface area contributed by atoms with E-state index in [1.54, 1.807) is 4.90 Å². The molecule has 0 radical (unpaired) electrons. The maximum atomic E-state index is 12.0. The molecule has 1 unspecified atom stereocenters. The van der Waals surface area contributed by atoms with E-state index in [4.69, 9.17) is 5.73 Å². The molecule has 1 rings (SSSR count). The highest BCUT2D eigenvalue weighted by atomic mass is 16.2. The van der Waals surface area contributed by atoms with E-state index in [0.29, 0.717) is 6.54 Å². The Bertz CT molecular complexity index is 363. The molecule has 0 bridgehead atoms. The van der Waals surface area contributed by atoms with Gasteiger partial charge in [0.25, 0.3) is 0 Å². The van der Waals surface area contributed by atoms with Crippen molar-refractivity contribution in [2.24, 2.45) is 11.7 Å². The molecule has 1 atom stereocenters. The molecule has 0 spiro atoms. The number of anilines is 1. The van der Waals surface area contributed by atoms with Crippen molar-refractivity contribution in [1.29, 1.82) is 0 Å². The summed E-state index contributed by atoms with van der Waals surface area (Å²) in [6.07, 6.45) is 0.731. The monoisotopic (exact) mass is 220 g/mol. The van der Waals surface area contributed by atoms with Gasteiger partial charge in [-0.2, -0.15) is 0 Å². The van der Waals surface area contributed by atoms with Crippen molar-refractivity contribution in [1.82, 2.24) is 0 Å². The number of carbonyl (C=O) groups is 1. The highest BCUT2D eigenvalue weighted by Gasteiger charge is 2.17. The molecule has 1 aromatic rings. The van der Waals surface area contributed by atoms with Gasteiger partial charge in [-0.05, 0) is 37.6 Å². The minimum Gasteiger partial charge on any atom is -0.330 e. The lowest BCUT2D eigenvalue weighted by molar-refractivity contribution is -0.121. The Morgan fingerprint density at radius 1 is 1.50 bits per heavy atom. The number of carbonyl (C=O) groups excluding carboxylic acids is 1. The van der Waals surface area contributed by atoms with Crippen LogP contribution in [0.5, 0.6) is 0 Å². The number of benzene rings is 1. The average molecular weight is 220 g/mol. The van der Waals surface area contributed by atoms with Crippen molar-refractivity contribution in [3.8, 4) is 0 Å². The topological polar surface area (TPSA) is 46.3 Å². The van der Waals surface area contributed by atoms with E-state index in [1.165, 1.54) is 0 Å². The zero-order chi connectivity index (χ0) is 12.1. The van der Waals surface area contributed by atoms with Crippen molar-refractivity contribution in [2.45, 2.75) is 20.3 Å². The summed E-state index contributed by atoms with van der Waals surface area (Å²) in [4.78, 5) is 13.7. The molecule has 0 aliphatic heterocycles. The Morgan fingerprint density at radius 2 is 2.19 bits per heavy atom. The molecule has 2 N–H and O–H groups in total. The first-order valence-electron chi connectivity index (χ1n) is 5.60. The van der Waals surface area contributed by atoms with Crippen molar-refractivity contribution >= 4 is 11.6 Å². The summed E-state index contributed by atoms with van der Waals surface area (Å²) in [5.74, 6) is 0.103. The summed E-state index contributed by atoms with van der Waals surface area (Å²) in [5, 5.41) is 0. The Balaban J connectivity index is 2.77. The molecule has 0 saturated heterocycles. The van der Waals surface area contributed by atoms with E-state index in [9.17, 15) is 4.79 Å². The summed E-state index contributed by atoms with van der Waals surface area (Å²) in [5.41, 5.74) is 7.55. The molecule has 88 valence electrons. The second-order valence-corrected chi connectivity index (χ2v) is 4.21. The third kappa shape index (κ3) is 3.07. The van der Waals surface area contributed by atoms with E-state index in [-0.39, 0.29) is 11.8 Å². The lowest BCUT2D eigenvalue weighted by Gasteiger charge is -2.21. The molecule has 16 heavy (non-hydrogen) atoms. The minimum atomic E-state index is -0.0180. The number of amides is 1. The standard InChI is InChI=1S/C13H20N2O/c1-10-5-4-6-12(9-10)15(3)13(16)11(2)7-8-14/h4-6,9,11H,7-8,14H2,1-3H3. The Labute approximate surface area is 97.2 Å². The summed E-state index contributed by atoms with van der Waals surface area (Å²) < 4.78 is 0. The van der Waals surface area contributed by atoms with Crippen LogP contribution in [0.2, 0.25) is 0 Å². The fraction of sp³-hybridized carbons (Fsp3) is 0.462.